The van der Waals surface area contributed by atoms with E-state index >= 15 is 0 Å². The molecule has 0 aliphatic carbocycles. The standard InChI is InChI=1S/C17H25N3O2S/c1-2-14-13-7-12-23-15(13)6-11-20(14)17(22)18-8-4-10-19-9-3-5-16(19)21/h7,12,14H,2-6,8-11H2,1H3,(H,18,22)/t14-/m1/s1. The van der Waals surface area contributed by atoms with E-state index < -0.39 is 0 Å². The van der Waals surface area contributed by atoms with Crippen LogP contribution < -0.4 is 5.32 Å². The van der Waals surface area contributed by atoms with Crippen LogP contribution in [-0.2, 0) is 11.2 Å². The molecule has 126 valence electrons. The Labute approximate surface area is 141 Å². The zero-order chi connectivity index (χ0) is 16.2. The first-order valence-electron chi connectivity index (χ1n) is 8.59. The molecule has 3 amide bonds. The molecule has 1 atom stereocenters. The van der Waals surface area contributed by atoms with Crippen molar-refractivity contribution in [2.24, 2.45) is 0 Å². The van der Waals surface area contributed by atoms with Gasteiger partial charge in [-0.1, -0.05) is 6.92 Å². The van der Waals surface area contributed by atoms with E-state index in [0.717, 1.165) is 45.3 Å². The molecule has 3 rings (SSSR count). The molecule has 0 unspecified atom stereocenters. The molecule has 1 N–H and O–H groups in total. The zero-order valence-corrected chi connectivity index (χ0v) is 14.5. The van der Waals surface area contributed by atoms with Gasteiger partial charge in [0.25, 0.3) is 0 Å². The lowest BCUT2D eigenvalue weighted by atomic mass is 9.98. The Hall–Kier alpha value is -1.56. The van der Waals surface area contributed by atoms with Gasteiger partial charge < -0.3 is 15.1 Å². The van der Waals surface area contributed by atoms with E-state index in [1.165, 1.54) is 10.4 Å². The first kappa shape index (κ1) is 16.3. The largest absolute Gasteiger partial charge is 0.343 e. The van der Waals surface area contributed by atoms with Gasteiger partial charge in [-0.05, 0) is 42.7 Å². The van der Waals surface area contributed by atoms with Crippen LogP contribution >= 0.6 is 11.3 Å². The highest BCUT2D eigenvalue weighted by Gasteiger charge is 2.30. The fourth-order valence-corrected chi connectivity index (χ4v) is 4.52. The zero-order valence-electron chi connectivity index (χ0n) is 13.7. The van der Waals surface area contributed by atoms with Gasteiger partial charge in [0.05, 0.1) is 6.04 Å². The first-order valence-corrected chi connectivity index (χ1v) is 9.47. The molecule has 1 aromatic rings. The van der Waals surface area contributed by atoms with Gasteiger partial charge in [0, 0.05) is 37.5 Å². The van der Waals surface area contributed by atoms with E-state index in [1.54, 1.807) is 11.3 Å². The molecule has 6 heteroatoms. The maximum absolute atomic E-state index is 12.5. The van der Waals surface area contributed by atoms with Crippen molar-refractivity contribution in [3.63, 3.8) is 0 Å². The fraction of sp³-hybridized carbons (Fsp3) is 0.647. The summed E-state index contributed by atoms with van der Waals surface area (Å²) < 4.78 is 0. The third kappa shape index (κ3) is 3.52. The Morgan fingerprint density at radius 1 is 1.39 bits per heavy atom. The van der Waals surface area contributed by atoms with Gasteiger partial charge in [-0.2, -0.15) is 0 Å². The summed E-state index contributed by atoms with van der Waals surface area (Å²) in [5, 5.41) is 5.16. The third-order valence-electron chi connectivity index (χ3n) is 4.79. The van der Waals surface area contributed by atoms with Crippen LogP contribution in [0.4, 0.5) is 4.79 Å². The van der Waals surface area contributed by atoms with Crippen LogP contribution in [-0.4, -0.2) is 47.9 Å². The number of rotatable bonds is 5. The number of thiophene rings is 1. The van der Waals surface area contributed by atoms with Crippen molar-refractivity contribution in [3.8, 4) is 0 Å². The van der Waals surface area contributed by atoms with E-state index in [4.69, 9.17) is 0 Å². The number of likely N-dealkylation sites (tertiary alicyclic amines) is 1. The van der Waals surface area contributed by atoms with Crippen LogP contribution in [0.5, 0.6) is 0 Å². The van der Waals surface area contributed by atoms with E-state index in [1.807, 2.05) is 9.80 Å². The molecule has 23 heavy (non-hydrogen) atoms. The number of carbonyl (C=O) groups is 2. The molecule has 0 radical (unpaired) electrons. The molecule has 5 nitrogen and oxygen atoms in total. The maximum Gasteiger partial charge on any atom is 0.317 e. The minimum atomic E-state index is 0.0291. The van der Waals surface area contributed by atoms with E-state index in [9.17, 15) is 9.59 Å². The molecule has 2 aliphatic rings. The number of hydrogen-bond donors (Lipinski definition) is 1. The first-order chi connectivity index (χ1) is 11.2. The van der Waals surface area contributed by atoms with Crippen molar-refractivity contribution >= 4 is 23.3 Å². The van der Waals surface area contributed by atoms with Gasteiger partial charge in [-0.3, -0.25) is 4.79 Å². The van der Waals surface area contributed by atoms with E-state index in [2.05, 4.69) is 23.7 Å². The van der Waals surface area contributed by atoms with Crippen molar-refractivity contribution < 1.29 is 9.59 Å². The van der Waals surface area contributed by atoms with Crippen molar-refractivity contribution in [3.05, 3.63) is 21.9 Å². The highest BCUT2D eigenvalue weighted by molar-refractivity contribution is 7.10. The van der Waals surface area contributed by atoms with Crippen LogP contribution in [0.25, 0.3) is 0 Å². The second kappa shape index (κ2) is 7.34. The van der Waals surface area contributed by atoms with Crippen molar-refractivity contribution in [1.82, 2.24) is 15.1 Å². The number of urea groups is 1. The van der Waals surface area contributed by atoms with Crippen LogP contribution in [0.2, 0.25) is 0 Å². The number of amides is 3. The Kier molecular flexibility index (Phi) is 5.20. The number of nitrogens with one attached hydrogen (secondary N) is 1. The average Bonchev–Trinajstić information content (AvgIpc) is 3.19. The molecule has 0 saturated carbocycles. The van der Waals surface area contributed by atoms with Crippen molar-refractivity contribution in [2.45, 2.75) is 45.1 Å². The number of fused-ring (bicyclic) bond motifs is 1. The molecule has 0 spiro atoms. The molecule has 3 heterocycles. The minimum absolute atomic E-state index is 0.0291. The van der Waals surface area contributed by atoms with E-state index in [0.29, 0.717) is 13.0 Å². The summed E-state index contributed by atoms with van der Waals surface area (Å²) in [5.74, 6) is 0.253. The fourth-order valence-electron chi connectivity index (χ4n) is 3.59. The van der Waals surface area contributed by atoms with Crippen molar-refractivity contribution in [2.75, 3.05) is 26.2 Å². The summed E-state index contributed by atoms with van der Waals surface area (Å²) in [6.45, 7) is 5.19. The highest BCUT2D eigenvalue weighted by Crippen LogP contribution is 2.35. The van der Waals surface area contributed by atoms with Gasteiger partial charge in [-0.15, -0.1) is 11.3 Å². The number of hydrogen-bond acceptors (Lipinski definition) is 3. The monoisotopic (exact) mass is 335 g/mol. The lowest BCUT2D eigenvalue weighted by molar-refractivity contribution is -0.127. The van der Waals surface area contributed by atoms with E-state index in [-0.39, 0.29) is 18.0 Å². The van der Waals surface area contributed by atoms with Gasteiger partial charge in [0.15, 0.2) is 0 Å². The third-order valence-corrected chi connectivity index (χ3v) is 5.79. The Morgan fingerprint density at radius 2 is 2.26 bits per heavy atom. The Balaban J connectivity index is 1.47. The van der Waals surface area contributed by atoms with Crippen LogP contribution in [0, 0.1) is 0 Å². The molecule has 2 aliphatic heterocycles. The summed E-state index contributed by atoms with van der Waals surface area (Å²) >= 11 is 1.80. The van der Waals surface area contributed by atoms with Gasteiger partial charge in [0.1, 0.15) is 0 Å². The molecule has 1 saturated heterocycles. The second-order valence-electron chi connectivity index (χ2n) is 6.24. The molecular weight excluding hydrogens is 310 g/mol. The summed E-state index contributed by atoms with van der Waals surface area (Å²) in [4.78, 5) is 29.3. The van der Waals surface area contributed by atoms with Crippen molar-refractivity contribution in [1.29, 1.82) is 0 Å². The van der Waals surface area contributed by atoms with Gasteiger partial charge >= 0.3 is 6.03 Å². The molecule has 1 fully saturated rings. The molecule has 0 aromatic carbocycles. The quantitative estimate of drug-likeness (QED) is 0.841. The maximum atomic E-state index is 12.5. The number of nitrogens with zero attached hydrogens (tertiary/aromatic N) is 2. The van der Waals surface area contributed by atoms with Gasteiger partial charge in [-0.25, -0.2) is 4.79 Å². The smallest absolute Gasteiger partial charge is 0.317 e. The van der Waals surface area contributed by atoms with Crippen LogP contribution in [0.1, 0.15) is 49.1 Å². The summed E-state index contributed by atoms with van der Waals surface area (Å²) in [5.41, 5.74) is 1.32. The second-order valence-corrected chi connectivity index (χ2v) is 7.24. The summed E-state index contributed by atoms with van der Waals surface area (Å²) in [7, 11) is 0. The van der Waals surface area contributed by atoms with Crippen LogP contribution in [0.3, 0.4) is 0 Å². The minimum Gasteiger partial charge on any atom is -0.343 e. The highest BCUT2D eigenvalue weighted by atomic mass is 32.1. The Morgan fingerprint density at radius 3 is 3.00 bits per heavy atom. The average molecular weight is 335 g/mol. The number of carbonyl (C=O) groups excluding carboxylic acids is 2. The predicted molar refractivity (Wildman–Crippen MR) is 91.6 cm³/mol. The summed E-state index contributed by atoms with van der Waals surface area (Å²) in [6, 6.07) is 2.39. The topological polar surface area (TPSA) is 52.7 Å². The SMILES string of the molecule is CC[C@@H]1c2ccsc2CCN1C(=O)NCCCN1CCCC1=O. The Bertz CT molecular complexity index is 572. The molecule has 0 bridgehead atoms. The predicted octanol–water partition coefficient (Wildman–Crippen LogP) is 2.78. The molecule has 1 aromatic heterocycles. The summed E-state index contributed by atoms with van der Waals surface area (Å²) in [6.07, 6.45) is 4.38. The lowest BCUT2D eigenvalue weighted by Crippen LogP contribution is -2.45. The van der Waals surface area contributed by atoms with Gasteiger partial charge in [0.2, 0.25) is 5.91 Å². The lowest BCUT2D eigenvalue weighted by Gasteiger charge is -2.35. The van der Waals surface area contributed by atoms with Crippen LogP contribution in [0.15, 0.2) is 11.4 Å². The molecular formula is C17H25N3O2S. The normalized spacial score (nSPS) is 20.7.